The highest BCUT2D eigenvalue weighted by atomic mass is 16.8. The SMILES string of the molecule is CO[C@H]1[C@@H](O)[C@H](O[C@@H]2[C@@H](C)O[C@@H](O[C@H]3CC[C@@]4(C)[C@@H](CC[C@@]56O[C@@]57CC[C@@H](C(C)=O)[C@@]7(C)[C@H](OC(=O)c5ccccc5)[C@@H](OC(C)=O)[C@H]46)C3)C[C@H]2OC)O[C@H](C)[C@H]1O[C@@H]1O[C@H](CO)[C@@H](O)[C@H](O)[C@H]1O. The minimum Gasteiger partial charge on any atom is -0.458 e. The molecule has 4 saturated carbocycles. The zero-order chi connectivity index (χ0) is 49.5. The third-order valence-corrected chi connectivity index (χ3v) is 17.9. The van der Waals surface area contributed by atoms with E-state index in [1.54, 1.807) is 45.2 Å². The van der Waals surface area contributed by atoms with E-state index in [1.807, 2.05) is 19.9 Å². The normalized spacial score (nSPS) is 50.2. The average molecular weight is 977 g/mol. The molecule has 5 N–H and O–H groups in total. The van der Waals surface area contributed by atoms with E-state index in [0.29, 0.717) is 50.5 Å². The lowest BCUT2D eigenvalue weighted by molar-refractivity contribution is -0.371. The van der Waals surface area contributed by atoms with Gasteiger partial charge in [-0.05, 0) is 89.2 Å². The van der Waals surface area contributed by atoms with Gasteiger partial charge in [0.05, 0.1) is 36.6 Å². The number of methoxy groups -OCH3 is 2. The highest BCUT2D eigenvalue weighted by Crippen LogP contribution is 2.81. The predicted octanol–water partition coefficient (Wildman–Crippen LogP) is 2.11. The summed E-state index contributed by atoms with van der Waals surface area (Å²) in [5.74, 6) is -1.69. The molecule has 8 fully saturated rings. The van der Waals surface area contributed by atoms with Crippen LogP contribution in [0.15, 0.2) is 30.3 Å². The van der Waals surface area contributed by atoms with Crippen LogP contribution in [0.4, 0.5) is 0 Å². The first-order chi connectivity index (χ1) is 32.8. The van der Waals surface area contributed by atoms with Gasteiger partial charge in [-0.2, -0.15) is 0 Å². The van der Waals surface area contributed by atoms with E-state index in [2.05, 4.69) is 6.92 Å². The van der Waals surface area contributed by atoms with E-state index in [9.17, 15) is 39.9 Å². The van der Waals surface area contributed by atoms with Gasteiger partial charge in [-0.3, -0.25) is 9.59 Å². The molecular weight excluding hydrogens is 905 g/mol. The van der Waals surface area contributed by atoms with Crippen molar-refractivity contribution in [3.8, 4) is 0 Å². The average Bonchev–Trinajstić information content (AvgIpc) is 3.87. The maximum Gasteiger partial charge on any atom is 0.338 e. The van der Waals surface area contributed by atoms with E-state index in [0.717, 1.165) is 6.42 Å². The number of aliphatic hydroxyl groups excluding tert-OH is 5. The molecule has 9 rings (SSSR count). The van der Waals surface area contributed by atoms with Crippen LogP contribution in [0.3, 0.4) is 0 Å². The molecule has 19 heteroatoms. The maximum absolute atomic E-state index is 14.0. The Kier molecular flexibility index (Phi) is 14.3. The number of hydrogen-bond acceptors (Lipinski definition) is 19. The molecule has 0 bridgehead atoms. The minimum atomic E-state index is -1.67. The van der Waals surface area contributed by atoms with Crippen LogP contribution in [0.2, 0.25) is 0 Å². The van der Waals surface area contributed by atoms with Crippen molar-refractivity contribution in [3.05, 3.63) is 35.9 Å². The second-order valence-corrected chi connectivity index (χ2v) is 21.4. The molecule has 0 unspecified atom stereocenters. The van der Waals surface area contributed by atoms with Crippen molar-refractivity contribution >= 4 is 17.7 Å². The molecule has 386 valence electrons. The number of Topliss-reactive ketones (excluding diaryl/α,β-unsaturated/α-hetero) is 1. The Morgan fingerprint density at radius 1 is 0.725 bits per heavy atom. The summed E-state index contributed by atoms with van der Waals surface area (Å²) in [6, 6.07) is 8.74. The van der Waals surface area contributed by atoms with E-state index in [4.69, 9.17) is 52.1 Å². The summed E-state index contributed by atoms with van der Waals surface area (Å²) < 4.78 is 69.1. The number of epoxide rings is 1. The summed E-state index contributed by atoms with van der Waals surface area (Å²) >= 11 is 0. The Hall–Kier alpha value is -2.73. The molecule has 1 aromatic carbocycles. The molecule has 24 atom stereocenters. The Morgan fingerprint density at radius 3 is 2.09 bits per heavy atom. The van der Waals surface area contributed by atoms with Crippen LogP contribution in [-0.4, -0.2) is 180 Å². The number of esters is 2. The molecule has 0 amide bonds. The largest absolute Gasteiger partial charge is 0.458 e. The van der Waals surface area contributed by atoms with E-state index in [1.165, 1.54) is 14.0 Å². The molecular formula is C50H72O19. The number of rotatable bonds is 13. The third-order valence-electron chi connectivity index (χ3n) is 17.9. The standard InChI is InChI=1S/C50H72O19/c1-23(52)30-16-19-50-48(30,6)43(68-44(58)27-12-10-9-11-13-27)41(63-26(4)53)42-47(5)17-15-29(20-28(47)14-18-49(42,50)69-50)64-33-21-31(59-7)38(24(2)61-33)66-46-37(57)40(60-8)39(25(3)62-46)67-45-36(56)35(55)34(54)32(22-51)65-45/h9-13,24-25,28-43,45-46,51,54-57H,14-22H2,1-8H3/t24-,25-,28+,29+,30+,31-,32-,33+,34-,35+,36-,37-,38-,39-,40+,41+,42-,43-,45+,46+,47+,48+,49+,50-/m1/s1. The van der Waals surface area contributed by atoms with Gasteiger partial charge in [0.25, 0.3) is 0 Å². The fourth-order valence-corrected chi connectivity index (χ4v) is 14.6. The van der Waals surface area contributed by atoms with Crippen LogP contribution in [0.1, 0.15) is 103 Å². The van der Waals surface area contributed by atoms with Crippen molar-refractivity contribution in [1.29, 1.82) is 0 Å². The number of ketones is 1. The topological polar surface area (TPSA) is 257 Å². The Labute approximate surface area is 402 Å². The molecule has 2 spiro atoms. The fraction of sp³-hybridized carbons (Fsp3) is 0.820. The van der Waals surface area contributed by atoms with Gasteiger partial charge in [0.1, 0.15) is 78.0 Å². The number of aliphatic hydroxyl groups is 5. The lowest BCUT2D eigenvalue weighted by Crippen LogP contribution is -2.70. The van der Waals surface area contributed by atoms with Crippen LogP contribution in [0.25, 0.3) is 0 Å². The second-order valence-electron chi connectivity index (χ2n) is 21.4. The number of benzene rings is 1. The van der Waals surface area contributed by atoms with Crippen LogP contribution >= 0.6 is 0 Å². The van der Waals surface area contributed by atoms with E-state index in [-0.39, 0.29) is 23.7 Å². The zero-order valence-corrected chi connectivity index (χ0v) is 40.7. The van der Waals surface area contributed by atoms with Gasteiger partial charge in [-0.1, -0.05) is 32.0 Å². The highest BCUT2D eigenvalue weighted by molar-refractivity contribution is 5.89. The third kappa shape index (κ3) is 8.31. The number of carbonyl (C=O) groups excluding carboxylic acids is 3. The summed E-state index contributed by atoms with van der Waals surface area (Å²) in [7, 11) is 2.94. The number of hydrogen-bond donors (Lipinski definition) is 5. The molecule has 0 radical (unpaired) electrons. The molecule has 4 heterocycles. The smallest absolute Gasteiger partial charge is 0.338 e. The van der Waals surface area contributed by atoms with Crippen molar-refractivity contribution in [2.24, 2.45) is 28.6 Å². The lowest BCUT2D eigenvalue weighted by atomic mass is 9.43. The maximum atomic E-state index is 14.0. The van der Waals surface area contributed by atoms with Gasteiger partial charge in [-0.15, -0.1) is 0 Å². The second kappa shape index (κ2) is 19.3. The van der Waals surface area contributed by atoms with Gasteiger partial charge in [-0.25, -0.2) is 4.79 Å². The van der Waals surface area contributed by atoms with Crippen LogP contribution in [-0.2, 0) is 61.7 Å². The first-order valence-corrected chi connectivity index (χ1v) is 24.7. The molecule has 4 saturated heterocycles. The highest BCUT2D eigenvalue weighted by Gasteiger charge is 2.91. The summed E-state index contributed by atoms with van der Waals surface area (Å²) in [6.45, 7) is 10.1. The predicted molar refractivity (Wildman–Crippen MR) is 237 cm³/mol. The first kappa shape index (κ1) is 51.2. The van der Waals surface area contributed by atoms with Crippen molar-refractivity contribution in [2.75, 3.05) is 20.8 Å². The summed E-state index contributed by atoms with van der Waals surface area (Å²) in [5, 5.41) is 52.4. The van der Waals surface area contributed by atoms with E-state index < -0.39 is 145 Å². The fourth-order valence-electron chi connectivity index (χ4n) is 14.6. The molecule has 19 nitrogen and oxygen atoms in total. The van der Waals surface area contributed by atoms with Gasteiger partial charge < -0.3 is 77.6 Å². The van der Waals surface area contributed by atoms with Crippen molar-refractivity contribution < 1.29 is 92.0 Å². The van der Waals surface area contributed by atoms with Crippen molar-refractivity contribution in [1.82, 2.24) is 0 Å². The molecule has 4 aliphatic carbocycles. The number of ether oxygens (including phenoxy) is 11. The van der Waals surface area contributed by atoms with E-state index >= 15 is 0 Å². The Balaban J connectivity index is 0.876. The van der Waals surface area contributed by atoms with Crippen molar-refractivity contribution in [2.45, 2.75) is 208 Å². The molecule has 8 aliphatic rings. The molecule has 1 aromatic rings. The van der Waals surface area contributed by atoms with Gasteiger partial charge in [0.2, 0.25) is 0 Å². The van der Waals surface area contributed by atoms with Crippen LogP contribution in [0, 0.1) is 28.6 Å². The van der Waals surface area contributed by atoms with Crippen LogP contribution in [0.5, 0.6) is 0 Å². The lowest BCUT2D eigenvalue weighted by Gasteiger charge is -2.61. The number of fused-ring (bicyclic) bond motifs is 2. The van der Waals surface area contributed by atoms with Gasteiger partial charge >= 0.3 is 11.9 Å². The van der Waals surface area contributed by atoms with Crippen LogP contribution < -0.4 is 0 Å². The monoisotopic (exact) mass is 976 g/mol. The molecule has 0 aromatic heterocycles. The molecule has 4 aliphatic heterocycles. The Morgan fingerprint density at radius 2 is 1.42 bits per heavy atom. The molecule has 69 heavy (non-hydrogen) atoms. The minimum absolute atomic E-state index is 0.00301. The van der Waals surface area contributed by atoms with Gasteiger partial charge in [0.15, 0.2) is 18.9 Å². The summed E-state index contributed by atoms with van der Waals surface area (Å²) in [5.41, 5.74) is -2.38. The zero-order valence-electron chi connectivity index (χ0n) is 40.7. The number of carbonyl (C=O) groups is 3. The summed E-state index contributed by atoms with van der Waals surface area (Å²) in [6.07, 6.45) is -12.5. The quantitative estimate of drug-likeness (QED) is 0.108. The first-order valence-electron chi connectivity index (χ1n) is 24.7. The van der Waals surface area contributed by atoms with Crippen molar-refractivity contribution in [3.63, 3.8) is 0 Å². The summed E-state index contributed by atoms with van der Waals surface area (Å²) in [4.78, 5) is 40.6. The van der Waals surface area contributed by atoms with Gasteiger partial charge in [0, 0.05) is 44.8 Å². The Bertz CT molecular complexity index is 2030.